The second kappa shape index (κ2) is 8.60. The monoisotopic (exact) mass is 457 g/mol. The quantitative estimate of drug-likeness (QED) is 0.477. The van der Waals surface area contributed by atoms with E-state index in [0.29, 0.717) is 41.3 Å². The highest BCUT2D eigenvalue weighted by atomic mass is 35.5. The van der Waals surface area contributed by atoms with Crippen molar-refractivity contribution in [2.75, 3.05) is 26.0 Å². The number of nitrogens with zero attached hydrogens (tertiary/aromatic N) is 4. The van der Waals surface area contributed by atoms with Crippen LogP contribution < -0.4 is 11.1 Å². The summed E-state index contributed by atoms with van der Waals surface area (Å²) in [5, 5.41) is 7.23. The van der Waals surface area contributed by atoms with Gasteiger partial charge in [0.05, 0.1) is 16.9 Å². The minimum absolute atomic E-state index is 0.110. The van der Waals surface area contributed by atoms with Gasteiger partial charge in [0.25, 0.3) is 5.91 Å². The Labute approximate surface area is 187 Å². The van der Waals surface area contributed by atoms with Crippen LogP contribution in [0.4, 0.5) is 10.1 Å². The third-order valence-corrected chi connectivity index (χ3v) is 5.35. The standard InChI is InChI=1S/C22H21ClFN5O3/c1-13-19(20(23)29(26-13)16-7-4-14(24)5-8-16)21(30)25-15-6-9-18-17(12-15)28(22(31)32-18)11-10-27(2)3/h4-9,12H,10-11H2,1-3H3,(H,25,30). The predicted molar refractivity (Wildman–Crippen MR) is 120 cm³/mol. The predicted octanol–water partition coefficient (Wildman–Crippen LogP) is 3.70. The number of nitrogens with one attached hydrogen (secondary N) is 1. The van der Waals surface area contributed by atoms with E-state index < -0.39 is 11.7 Å². The van der Waals surface area contributed by atoms with Crippen LogP contribution in [0.15, 0.2) is 51.7 Å². The molecule has 0 atom stereocenters. The Bertz CT molecular complexity index is 1350. The number of anilines is 1. The van der Waals surface area contributed by atoms with Crippen LogP contribution in [0.1, 0.15) is 16.1 Å². The van der Waals surface area contributed by atoms with Gasteiger partial charge in [0, 0.05) is 18.8 Å². The zero-order valence-corrected chi connectivity index (χ0v) is 18.5. The fraction of sp³-hybridized carbons (Fsp3) is 0.227. The number of carbonyl (C=O) groups excluding carboxylic acids is 1. The number of oxazole rings is 1. The molecule has 4 rings (SSSR count). The van der Waals surface area contributed by atoms with E-state index in [-0.39, 0.29) is 16.5 Å². The molecular weight excluding hydrogens is 437 g/mol. The van der Waals surface area contributed by atoms with Crippen molar-refractivity contribution in [1.82, 2.24) is 19.2 Å². The maximum Gasteiger partial charge on any atom is 0.419 e. The van der Waals surface area contributed by atoms with Crippen molar-refractivity contribution in [3.63, 3.8) is 0 Å². The van der Waals surface area contributed by atoms with Gasteiger partial charge in [-0.05, 0) is 63.5 Å². The van der Waals surface area contributed by atoms with Gasteiger partial charge < -0.3 is 14.6 Å². The van der Waals surface area contributed by atoms with Crippen LogP contribution in [0.3, 0.4) is 0 Å². The van der Waals surface area contributed by atoms with Crippen LogP contribution >= 0.6 is 11.6 Å². The summed E-state index contributed by atoms with van der Waals surface area (Å²) in [7, 11) is 3.83. The van der Waals surface area contributed by atoms with E-state index in [2.05, 4.69) is 10.4 Å². The van der Waals surface area contributed by atoms with Crippen LogP contribution in [0.5, 0.6) is 0 Å². The summed E-state index contributed by atoms with van der Waals surface area (Å²) in [5.74, 6) is -1.29. The zero-order valence-electron chi connectivity index (χ0n) is 17.7. The number of benzene rings is 2. The van der Waals surface area contributed by atoms with Crippen LogP contribution in [-0.4, -0.2) is 45.8 Å². The lowest BCUT2D eigenvalue weighted by molar-refractivity contribution is 0.102. The van der Waals surface area contributed by atoms with Crippen LogP contribution in [0, 0.1) is 12.7 Å². The normalized spacial score (nSPS) is 11.4. The summed E-state index contributed by atoms with van der Waals surface area (Å²) in [5.41, 5.74) is 2.65. The molecule has 0 radical (unpaired) electrons. The lowest BCUT2D eigenvalue weighted by Crippen LogP contribution is -2.23. The van der Waals surface area contributed by atoms with E-state index in [4.69, 9.17) is 16.0 Å². The molecule has 10 heteroatoms. The third-order valence-electron chi connectivity index (χ3n) is 5.00. The first-order valence-electron chi connectivity index (χ1n) is 9.85. The molecule has 0 aliphatic rings. The highest BCUT2D eigenvalue weighted by Crippen LogP contribution is 2.26. The number of amides is 1. The molecule has 0 saturated heterocycles. The number of aryl methyl sites for hydroxylation is 1. The lowest BCUT2D eigenvalue weighted by Gasteiger charge is -2.10. The molecule has 2 aromatic carbocycles. The Morgan fingerprint density at radius 2 is 1.94 bits per heavy atom. The molecule has 0 aliphatic carbocycles. The number of carbonyl (C=O) groups is 1. The topological polar surface area (TPSA) is 85.3 Å². The van der Waals surface area contributed by atoms with Gasteiger partial charge in [0.15, 0.2) is 5.58 Å². The Morgan fingerprint density at radius 3 is 2.62 bits per heavy atom. The summed E-state index contributed by atoms with van der Waals surface area (Å²) in [6.45, 7) is 2.77. The summed E-state index contributed by atoms with van der Waals surface area (Å²) >= 11 is 6.44. The average Bonchev–Trinajstić information content (AvgIpc) is 3.21. The van der Waals surface area contributed by atoms with E-state index in [1.807, 2.05) is 19.0 Å². The third kappa shape index (κ3) is 4.17. The molecule has 1 N–H and O–H groups in total. The maximum atomic E-state index is 13.2. The minimum atomic E-state index is -0.454. The van der Waals surface area contributed by atoms with Gasteiger partial charge in [-0.15, -0.1) is 0 Å². The summed E-state index contributed by atoms with van der Waals surface area (Å²) in [6.07, 6.45) is 0. The molecular formula is C22H21ClFN5O3. The Hall–Kier alpha value is -3.43. The Morgan fingerprint density at radius 1 is 1.22 bits per heavy atom. The number of likely N-dealkylation sites (N-methyl/N-ethyl adjacent to an activating group) is 1. The minimum Gasteiger partial charge on any atom is -0.408 e. The molecule has 2 aromatic heterocycles. The fourth-order valence-corrected chi connectivity index (χ4v) is 3.71. The molecule has 2 heterocycles. The first-order valence-corrected chi connectivity index (χ1v) is 10.2. The summed E-state index contributed by atoms with van der Waals surface area (Å²) in [4.78, 5) is 27.1. The number of halogens is 2. The molecule has 0 spiro atoms. The molecule has 32 heavy (non-hydrogen) atoms. The zero-order chi connectivity index (χ0) is 23.0. The molecule has 0 fully saturated rings. The SMILES string of the molecule is Cc1nn(-c2ccc(F)cc2)c(Cl)c1C(=O)Nc1ccc2oc(=O)n(CCN(C)C)c2c1. The van der Waals surface area contributed by atoms with Crippen LogP contribution in [0.2, 0.25) is 5.15 Å². The first kappa shape index (κ1) is 21.8. The fourth-order valence-electron chi connectivity index (χ4n) is 3.36. The van der Waals surface area contributed by atoms with Gasteiger partial charge in [-0.3, -0.25) is 9.36 Å². The van der Waals surface area contributed by atoms with Crippen LogP contribution in [0.25, 0.3) is 16.8 Å². The molecule has 166 valence electrons. The van der Waals surface area contributed by atoms with Crippen molar-refractivity contribution < 1.29 is 13.6 Å². The van der Waals surface area contributed by atoms with Crippen molar-refractivity contribution in [2.45, 2.75) is 13.5 Å². The second-order valence-electron chi connectivity index (χ2n) is 7.60. The molecule has 0 saturated carbocycles. The van der Waals surface area contributed by atoms with Gasteiger partial charge >= 0.3 is 5.76 Å². The highest BCUT2D eigenvalue weighted by molar-refractivity contribution is 6.34. The van der Waals surface area contributed by atoms with E-state index >= 15 is 0 Å². The highest BCUT2D eigenvalue weighted by Gasteiger charge is 2.22. The van der Waals surface area contributed by atoms with Crippen molar-refractivity contribution in [3.8, 4) is 5.69 Å². The molecule has 4 aromatic rings. The molecule has 0 aliphatic heterocycles. The van der Waals surface area contributed by atoms with Crippen LogP contribution in [-0.2, 0) is 6.54 Å². The summed E-state index contributed by atoms with van der Waals surface area (Å²) in [6, 6.07) is 10.6. The van der Waals surface area contributed by atoms with Gasteiger partial charge in [-0.25, -0.2) is 13.9 Å². The number of rotatable bonds is 6. The second-order valence-corrected chi connectivity index (χ2v) is 7.96. The van der Waals surface area contributed by atoms with Crippen molar-refractivity contribution >= 4 is 34.3 Å². The molecule has 1 amide bonds. The smallest absolute Gasteiger partial charge is 0.408 e. The number of fused-ring (bicyclic) bond motifs is 1. The number of hydrogen-bond donors (Lipinski definition) is 1. The molecule has 8 nitrogen and oxygen atoms in total. The van der Waals surface area contributed by atoms with Gasteiger partial charge in [0.2, 0.25) is 0 Å². The number of hydrogen-bond acceptors (Lipinski definition) is 5. The molecule has 0 unspecified atom stereocenters. The van der Waals surface area contributed by atoms with Crippen molar-refractivity contribution in [3.05, 3.63) is 75.2 Å². The van der Waals surface area contributed by atoms with E-state index in [1.165, 1.54) is 33.5 Å². The average molecular weight is 458 g/mol. The van der Waals surface area contributed by atoms with E-state index in [1.54, 1.807) is 25.1 Å². The Kier molecular flexibility index (Phi) is 5.86. The van der Waals surface area contributed by atoms with E-state index in [0.717, 1.165) is 0 Å². The van der Waals surface area contributed by atoms with E-state index in [9.17, 15) is 14.0 Å². The largest absolute Gasteiger partial charge is 0.419 e. The van der Waals surface area contributed by atoms with Crippen molar-refractivity contribution in [2.24, 2.45) is 0 Å². The van der Waals surface area contributed by atoms with Gasteiger partial charge in [-0.2, -0.15) is 5.10 Å². The summed E-state index contributed by atoms with van der Waals surface area (Å²) < 4.78 is 21.4. The van der Waals surface area contributed by atoms with Gasteiger partial charge in [-0.1, -0.05) is 11.6 Å². The first-order chi connectivity index (χ1) is 15.2. The van der Waals surface area contributed by atoms with Gasteiger partial charge in [0.1, 0.15) is 16.5 Å². The maximum absolute atomic E-state index is 13.2. The lowest BCUT2D eigenvalue weighted by atomic mass is 10.2. The Balaban J connectivity index is 1.63. The molecule has 0 bridgehead atoms. The van der Waals surface area contributed by atoms with Crippen molar-refractivity contribution in [1.29, 1.82) is 0 Å². The number of aromatic nitrogens is 3.